The van der Waals surface area contributed by atoms with E-state index in [0.29, 0.717) is 46.3 Å². The Bertz CT molecular complexity index is 1480. The number of aryl methyl sites for hydroxylation is 1. The lowest BCUT2D eigenvalue weighted by Gasteiger charge is -2.13. The Morgan fingerprint density at radius 3 is 1.41 bits per heavy atom. The van der Waals surface area contributed by atoms with Crippen molar-refractivity contribution < 1.29 is 43.5 Å². The maximum atomic E-state index is 12.9. The number of aromatic carboxylic acids is 2. The van der Waals surface area contributed by atoms with Gasteiger partial charge in [0.1, 0.15) is 17.1 Å². The lowest BCUT2D eigenvalue weighted by atomic mass is 9.94. The molecule has 0 saturated carbocycles. The molecule has 0 aliphatic heterocycles. The molecule has 0 unspecified atom stereocenters. The van der Waals surface area contributed by atoms with Gasteiger partial charge in [0.05, 0.1) is 35.5 Å². The molecule has 0 amide bonds. The van der Waals surface area contributed by atoms with Crippen molar-refractivity contribution in [1.82, 2.24) is 4.57 Å². The van der Waals surface area contributed by atoms with Crippen LogP contribution in [0.4, 0.5) is 0 Å². The molecule has 1 heterocycles. The zero-order valence-electron chi connectivity index (χ0n) is 23.4. The molecular formula is C31H31NO9. The van der Waals surface area contributed by atoms with Crippen molar-refractivity contribution >= 4 is 11.9 Å². The molecule has 3 aromatic carbocycles. The number of hydrogen-bond acceptors (Lipinski definition) is 7. The van der Waals surface area contributed by atoms with Crippen LogP contribution >= 0.6 is 0 Å². The van der Waals surface area contributed by atoms with Gasteiger partial charge in [-0.05, 0) is 59.5 Å². The maximum Gasteiger partial charge on any atom is 0.353 e. The average Bonchev–Trinajstić information content (AvgIpc) is 3.35. The van der Waals surface area contributed by atoms with Gasteiger partial charge in [-0.25, -0.2) is 9.59 Å². The largest absolute Gasteiger partial charge is 0.497 e. The van der Waals surface area contributed by atoms with Gasteiger partial charge in [-0.2, -0.15) is 0 Å². The maximum absolute atomic E-state index is 12.9. The van der Waals surface area contributed by atoms with Crippen LogP contribution in [0.15, 0.2) is 60.7 Å². The SMILES string of the molecule is COc1ccc(CCn2c(C(=O)O)c(-c3ccc(OC)c(OC)c3)c(-c3ccc(OC)c(OC)c3)c2C(=O)O)cc1. The fourth-order valence-corrected chi connectivity index (χ4v) is 4.87. The highest BCUT2D eigenvalue weighted by atomic mass is 16.5. The van der Waals surface area contributed by atoms with E-state index in [1.165, 1.54) is 33.0 Å². The van der Waals surface area contributed by atoms with Crippen LogP contribution in [-0.4, -0.2) is 62.3 Å². The Kier molecular flexibility index (Phi) is 8.72. The van der Waals surface area contributed by atoms with E-state index < -0.39 is 11.9 Å². The van der Waals surface area contributed by atoms with Crippen LogP contribution in [0.3, 0.4) is 0 Å². The first-order valence-corrected chi connectivity index (χ1v) is 12.6. The van der Waals surface area contributed by atoms with Crippen molar-refractivity contribution in [2.75, 3.05) is 35.5 Å². The van der Waals surface area contributed by atoms with Crippen LogP contribution in [0.25, 0.3) is 22.3 Å². The zero-order chi connectivity index (χ0) is 29.7. The normalized spacial score (nSPS) is 10.7. The summed E-state index contributed by atoms with van der Waals surface area (Å²) >= 11 is 0. The highest BCUT2D eigenvalue weighted by Gasteiger charge is 2.32. The summed E-state index contributed by atoms with van der Waals surface area (Å²) in [4.78, 5) is 25.8. The van der Waals surface area contributed by atoms with Gasteiger partial charge in [0, 0.05) is 17.7 Å². The van der Waals surface area contributed by atoms with Gasteiger partial charge in [-0.3, -0.25) is 0 Å². The van der Waals surface area contributed by atoms with E-state index in [9.17, 15) is 19.8 Å². The molecule has 10 heteroatoms. The fourth-order valence-electron chi connectivity index (χ4n) is 4.87. The lowest BCUT2D eigenvalue weighted by molar-refractivity contribution is 0.0677. The van der Waals surface area contributed by atoms with Crippen molar-refractivity contribution in [2.45, 2.75) is 13.0 Å². The van der Waals surface area contributed by atoms with Gasteiger partial charge in [0.25, 0.3) is 0 Å². The molecule has 0 fully saturated rings. The molecule has 2 N–H and O–H groups in total. The Hall–Kier alpha value is -5.12. The number of rotatable bonds is 12. The minimum atomic E-state index is -1.28. The standard InChI is InChI=1S/C31H31NO9/c1-37-21-10-6-18(7-11-21)14-15-32-28(30(33)34)26(19-8-12-22(38-2)24(16-19)40-4)27(29(32)31(35)36)20-9-13-23(39-3)25(17-20)41-5/h6-13,16-17H,14-15H2,1-5H3,(H,33,34)(H,35,36). The number of carboxylic acids is 2. The summed E-state index contributed by atoms with van der Waals surface area (Å²) in [6, 6.07) is 17.2. The van der Waals surface area contributed by atoms with E-state index in [2.05, 4.69) is 0 Å². The predicted octanol–water partition coefficient (Wildman–Crippen LogP) is 5.50. The number of aromatic nitrogens is 1. The Morgan fingerprint density at radius 2 is 1.05 bits per heavy atom. The third kappa shape index (κ3) is 5.62. The van der Waals surface area contributed by atoms with E-state index in [4.69, 9.17) is 23.7 Å². The van der Waals surface area contributed by atoms with E-state index in [1.54, 1.807) is 55.6 Å². The number of carboxylic acid groups (broad SMARTS) is 2. The van der Waals surface area contributed by atoms with Crippen molar-refractivity contribution in [2.24, 2.45) is 0 Å². The molecule has 41 heavy (non-hydrogen) atoms. The molecule has 0 aliphatic rings. The molecule has 0 radical (unpaired) electrons. The number of methoxy groups -OCH3 is 5. The monoisotopic (exact) mass is 561 g/mol. The van der Waals surface area contributed by atoms with Crippen molar-refractivity contribution in [3.63, 3.8) is 0 Å². The van der Waals surface area contributed by atoms with Crippen LogP contribution in [0.2, 0.25) is 0 Å². The summed E-state index contributed by atoms with van der Waals surface area (Å²) in [5.41, 5.74) is 1.86. The van der Waals surface area contributed by atoms with Gasteiger partial charge < -0.3 is 38.5 Å². The summed E-state index contributed by atoms with van der Waals surface area (Å²) in [5.74, 6) is -0.266. The molecule has 1 aromatic heterocycles. The van der Waals surface area contributed by atoms with E-state index in [1.807, 2.05) is 12.1 Å². The van der Waals surface area contributed by atoms with Gasteiger partial charge >= 0.3 is 11.9 Å². The first-order chi connectivity index (χ1) is 19.8. The number of nitrogens with zero attached hydrogens (tertiary/aromatic N) is 1. The minimum absolute atomic E-state index is 0.0865. The second-order valence-electron chi connectivity index (χ2n) is 8.95. The molecular weight excluding hydrogens is 530 g/mol. The average molecular weight is 562 g/mol. The van der Waals surface area contributed by atoms with Crippen LogP contribution < -0.4 is 23.7 Å². The topological polar surface area (TPSA) is 126 Å². The number of hydrogen-bond donors (Lipinski definition) is 2. The molecule has 0 bridgehead atoms. The third-order valence-electron chi connectivity index (χ3n) is 6.80. The van der Waals surface area contributed by atoms with Gasteiger partial charge in [-0.1, -0.05) is 24.3 Å². The molecule has 0 spiro atoms. The molecule has 4 rings (SSSR count). The second-order valence-corrected chi connectivity index (χ2v) is 8.95. The summed E-state index contributed by atoms with van der Waals surface area (Å²) in [6.07, 6.45) is 0.371. The minimum Gasteiger partial charge on any atom is -0.497 e. The summed E-state index contributed by atoms with van der Waals surface area (Å²) in [6.45, 7) is 0.0865. The van der Waals surface area contributed by atoms with Crippen LogP contribution in [0.1, 0.15) is 26.5 Å². The quantitative estimate of drug-likeness (QED) is 0.230. The van der Waals surface area contributed by atoms with Crippen LogP contribution in [0, 0.1) is 0 Å². The lowest BCUT2D eigenvalue weighted by Crippen LogP contribution is -2.16. The summed E-state index contributed by atoms with van der Waals surface area (Å²) in [7, 11) is 7.49. The number of carbonyl (C=O) groups is 2. The van der Waals surface area contributed by atoms with Gasteiger partial charge in [-0.15, -0.1) is 0 Å². The number of benzene rings is 3. The Labute approximate surface area is 237 Å². The number of ether oxygens (including phenoxy) is 5. The Morgan fingerprint density at radius 1 is 0.610 bits per heavy atom. The molecule has 0 saturated heterocycles. The molecule has 0 atom stereocenters. The molecule has 10 nitrogen and oxygen atoms in total. The van der Waals surface area contributed by atoms with Crippen molar-refractivity contribution in [3.05, 3.63) is 77.6 Å². The van der Waals surface area contributed by atoms with E-state index in [-0.39, 0.29) is 29.1 Å². The highest BCUT2D eigenvalue weighted by Crippen LogP contribution is 2.45. The first kappa shape index (κ1) is 28.9. The second kappa shape index (κ2) is 12.4. The molecule has 0 aliphatic carbocycles. The van der Waals surface area contributed by atoms with E-state index in [0.717, 1.165) is 5.56 Å². The van der Waals surface area contributed by atoms with Crippen molar-refractivity contribution in [1.29, 1.82) is 0 Å². The highest BCUT2D eigenvalue weighted by molar-refractivity contribution is 6.08. The summed E-state index contributed by atoms with van der Waals surface area (Å²) < 4.78 is 28.3. The van der Waals surface area contributed by atoms with Crippen LogP contribution in [0.5, 0.6) is 28.7 Å². The zero-order valence-corrected chi connectivity index (χ0v) is 23.4. The van der Waals surface area contributed by atoms with Gasteiger partial charge in [0.15, 0.2) is 23.0 Å². The van der Waals surface area contributed by atoms with Crippen LogP contribution in [-0.2, 0) is 13.0 Å². The third-order valence-corrected chi connectivity index (χ3v) is 6.80. The summed E-state index contributed by atoms with van der Waals surface area (Å²) in [5, 5.41) is 21.0. The molecule has 4 aromatic rings. The van der Waals surface area contributed by atoms with Gasteiger partial charge in [0.2, 0.25) is 0 Å². The predicted molar refractivity (Wildman–Crippen MR) is 152 cm³/mol. The fraction of sp³-hybridized carbons (Fsp3) is 0.226. The first-order valence-electron chi connectivity index (χ1n) is 12.6. The molecule has 214 valence electrons. The smallest absolute Gasteiger partial charge is 0.353 e. The Balaban J connectivity index is 2.03. The van der Waals surface area contributed by atoms with E-state index >= 15 is 0 Å². The van der Waals surface area contributed by atoms with Crippen molar-refractivity contribution in [3.8, 4) is 51.0 Å².